The van der Waals surface area contributed by atoms with Gasteiger partial charge in [0.1, 0.15) is 15.5 Å². The van der Waals surface area contributed by atoms with Crippen LogP contribution >= 0.6 is 34.3 Å². The molecule has 3 heterocycles. The molecular formula is C24H15ClFN3OS2. The first-order valence-electron chi connectivity index (χ1n) is 9.59. The summed E-state index contributed by atoms with van der Waals surface area (Å²) >= 11 is 8.64. The van der Waals surface area contributed by atoms with Crippen LogP contribution in [0.15, 0.2) is 72.1 Å². The molecule has 0 aliphatic heterocycles. The lowest BCUT2D eigenvalue weighted by Gasteiger charge is -2.06. The molecule has 2 aromatic carbocycles. The van der Waals surface area contributed by atoms with Crippen molar-refractivity contribution in [3.05, 3.63) is 87.8 Å². The average Bonchev–Trinajstić information content (AvgIpc) is 3.44. The van der Waals surface area contributed by atoms with Crippen LogP contribution in [-0.2, 0) is 0 Å². The second-order valence-corrected chi connectivity index (χ2v) is 9.41. The maximum Gasteiger partial charge on any atom is 0.268 e. The van der Waals surface area contributed by atoms with Crippen LogP contribution in [-0.4, -0.2) is 10.9 Å². The van der Waals surface area contributed by atoms with Crippen molar-refractivity contribution >= 4 is 61.8 Å². The number of nitrogens with two attached hydrogens (primary N) is 1. The molecule has 0 spiro atoms. The van der Waals surface area contributed by atoms with Gasteiger partial charge in [-0.05, 0) is 47.3 Å². The number of halogens is 2. The number of fused-ring (bicyclic) bond motifs is 1. The smallest absolute Gasteiger partial charge is 0.268 e. The van der Waals surface area contributed by atoms with Crippen LogP contribution in [0.3, 0.4) is 0 Å². The number of pyridine rings is 1. The van der Waals surface area contributed by atoms with Gasteiger partial charge in [0.25, 0.3) is 5.91 Å². The Kier molecular flexibility index (Phi) is 5.38. The van der Waals surface area contributed by atoms with Gasteiger partial charge in [0.2, 0.25) is 0 Å². The van der Waals surface area contributed by atoms with Crippen LogP contribution in [0.2, 0.25) is 5.02 Å². The zero-order valence-electron chi connectivity index (χ0n) is 16.4. The number of carbonyl (C=O) groups is 1. The summed E-state index contributed by atoms with van der Waals surface area (Å²) in [6.07, 6.45) is 0. The first-order valence-corrected chi connectivity index (χ1v) is 11.7. The number of thiophene rings is 2. The highest BCUT2D eigenvalue weighted by Crippen LogP contribution is 2.35. The predicted octanol–water partition coefficient (Wildman–Crippen LogP) is 7.32. The van der Waals surface area contributed by atoms with Gasteiger partial charge in [-0.3, -0.25) is 4.79 Å². The summed E-state index contributed by atoms with van der Waals surface area (Å²) in [7, 11) is 0. The van der Waals surface area contributed by atoms with E-state index >= 15 is 0 Å². The van der Waals surface area contributed by atoms with E-state index in [0.29, 0.717) is 15.9 Å². The fourth-order valence-corrected chi connectivity index (χ4v) is 5.23. The summed E-state index contributed by atoms with van der Waals surface area (Å²) in [5, 5.41) is 5.55. The molecule has 0 saturated carbocycles. The standard InChI is InChI=1S/C24H15ClFN3OS2/c25-15-7-9-19(17(26)12-15)28-23(30)22-21(27)16-8-10-18(29-24(16)32-22)13-3-5-14(6-4-13)20-2-1-11-31-20/h1-12H,27H2,(H,28,30). The number of hydrogen-bond acceptors (Lipinski definition) is 5. The second-order valence-electron chi connectivity index (χ2n) is 7.03. The third-order valence-electron chi connectivity index (χ3n) is 4.97. The predicted molar refractivity (Wildman–Crippen MR) is 132 cm³/mol. The van der Waals surface area contributed by atoms with Crippen molar-refractivity contribution in [2.45, 2.75) is 0 Å². The van der Waals surface area contributed by atoms with Crippen LogP contribution in [0.1, 0.15) is 9.67 Å². The van der Waals surface area contributed by atoms with Crippen LogP contribution in [0, 0.1) is 5.82 Å². The van der Waals surface area contributed by atoms with Gasteiger partial charge in [-0.25, -0.2) is 9.37 Å². The Morgan fingerprint density at radius 2 is 1.81 bits per heavy atom. The Bertz CT molecular complexity index is 1450. The van der Waals surface area contributed by atoms with E-state index in [4.69, 9.17) is 22.3 Å². The Morgan fingerprint density at radius 1 is 1.03 bits per heavy atom. The van der Waals surface area contributed by atoms with Crippen molar-refractivity contribution in [3.63, 3.8) is 0 Å². The highest BCUT2D eigenvalue weighted by Gasteiger charge is 2.19. The minimum Gasteiger partial charge on any atom is -0.397 e. The Hall–Kier alpha value is -3.26. The molecule has 0 atom stereocenters. The number of benzene rings is 2. The second kappa shape index (κ2) is 8.35. The lowest BCUT2D eigenvalue weighted by atomic mass is 10.1. The molecule has 5 rings (SSSR count). The largest absolute Gasteiger partial charge is 0.397 e. The molecule has 8 heteroatoms. The van der Waals surface area contributed by atoms with Crippen molar-refractivity contribution in [1.29, 1.82) is 0 Å². The van der Waals surface area contributed by atoms with Gasteiger partial charge >= 0.3 is 0 Å². The Labute approximate surface area is 196 Å². The van der Waals surface area contributed by atoms with Crippen molar-refractivity contribution < 1.29 is 9.18 Å². The van der Waals surface area contributed by atoms with E-state index in [1.54, 1.807) is 11.3 Å². The van der Waals surface area contributed by atoms with Gasteiger partial charge in [-0.2, -0.15) is 0 Å². The number of nitrogens with one attached hydrogen (secondary N) is 1. The molecular weight excluding hydrogens is 465 g/mol. The van der Waals surface area contributed by atoms with Crippen molar-refractivity contribution in [2.24, 2.45) is 0 Å². The quantitative estimate of drug-likeness (QED) is 0.284. The number of rotatable bonds is 4. The summed E-state index contributed by atoms with van der Waals surface area (Å²) in [4.78, 5) is 19.6. The van der Waals surface area contributed by atoms with Crippen molar-refractivity contribution in [1.82, 2.24) is 4.98 Å². The van der Waals surface area contributed by atoms with E-state index in [9.17, 15) is 9.18 Å². The number of hydrogen-bond donors (Lipinski definition) is 2. The summed E-state index contributed by atoms with van der Waals surface area (Å²) in [5.41, 5.74) is 9.48. The number of amides is 1. The van der Waals surface area contributed by atoms with Gasteiger partial charge in [0.05, 0.1) is 17.1 Å². The summed E-state index contributed by atoms with van der Waals surface area (Å²) in [6.45, 7) is 0. The SMILES string of the molecule is Nc1c(C(=O)Nc2ccc(Cl)cc2F)sc2nc(-c3ccc(-c4cccs4)cc3)ccc12. The zero-order chi connectivity index (χ0) is 22.2. The molecule has 0 fully saturated rings. The molecule has 0 radical (unpaired) electrons. The maximum atomic E-state index is 14.1. The minimum atomic E-state index is -0.614. The highest BCUT2D eigenvalue weighted by molar-refractivity contribution is 7.21. The molecule has 0 unspecified atom stereocenters. The fraction of sp³-hybridized carbons (Fsp3) is 0. The van der Waals surface area contributed by atoms with E-state index in [1.807, 2.05) is 30.3 Å². The molecule has 4 nitrogen and oxygen atoms in total. The topological polar surface area (TPSA) is 68.0 Å². The molecule has 32 heavy (non-hydrogen) atoms. The monoisotopic (exact) mass is 479 g/mol. The van der Waals surface area contributed by atoms with Gasteiger partial charge in [0, 0.05) is 20.8 Å². The van der Waals surface area contributed by atoms with E-state index in [1.165, 1.54) is 28.3 Å². The van der Waals surface area contributed by atoms with Crippen molar-refractivity contribution in [2.75, 3.05) is 11.1 Å². The van der Waals surface area contributed by atoms with Gasteiger partial charge < -0.3 is 11.1 Å². The van der Waals surface area contributed by atoms with Gasteiger partial charge in [-0.15, -0.1) is 22.7 Å². The van der Waals surface area contributed by atoms with Gasteiger partial charge in [-0.1, -0.05) is 41.9 Å². The van der Waals surface area contributed by atoms with E-state index in [-0.39, 0.29) is 15.6 Å². The Morgan fingerprint density at radius 3 is 2.53 bits per heavy atom. The zero-order valence-corrected chi connectivity index (χ0v) is 18.8. The van der Waals surface area contributed by atoms with Crippen molar-refractivity contribution in [3.8, 4) is 21.7 Å². The van der Waals surface area contributed by atoms with Crippen LogP contribution in [0.5, 0.6) is 0 Å². The molecule has 1 amide bonds. The fourth-order valence-electron chi connectivity index (χ4n) is 3.34. The number of carbonyl (C=O) groups excluding carboxylic acids is 1. The molecule has 3 N–H and O–H groups in total. The third kappa shape index (κ3) is 3.86. The first kappa shape index (κ1) is 20.6. The lowest BCUT2D eigenvalue weighted by molar-refractivity contribution is 0.103. The van der Waals surface area contributed by atoms with Crippen LogP contribution in [0.4, 0.5) is 15.8 Å². The molecule has 0 aliphatic rings. The molecule has 0 aliphatic carbocycles. The van der Waals surface area contributed by atoms with Gasteiger partial charge in [0.15, 0.2) is 0 Å². The number of aromatic nitrogens is 1. The number of nitrogens with zero attached hydrogens (tertiary/aromatic N) is 1. The summed E-state index contributed by atoms with van der Waals surface area (Å²) in [5.74, 6) is -1.11. The number of nitrogen functional groups attached to an aromatic ring is 1. The third-order valence-corrected chi connectivity index (χ3v) is 7.23. The van der Waals surface area contributed by atoms with Crippen LogP contribution < -0.4 is 11.1 Å². The lowest BCUT2D eigenvalue weighted by Crippen LogP contribution is -2.13. The van der Waals surface area contributed by atoms with E-state index in [2.05, 4.69) is 28.9 Å². The summed E-state index contributed by atoms with van der Waals surface area (Å²) in [6, 6.07) is 20.1. The molecule has 3 aromatic heterocycles. The van der Waals surface area contributed by atoms with E-state index < -0.39 is 11.7 Å². The first-order chi connectivity index (χ1) is 15.5. The Balaban J connectivity index is 1.44. The highest BCUT2D eigenvalue weighted by atomic mass is 35.5. The normalized spacial score (nSPS) is 11.1. The van der Waals surface area contributed by atoms with E-state index in [0.717, 1.165) is 22.9 Å². The van der Waals surface area contributed by atoms with Crippen LogP contribution in [0.25, 0.3) is 31.9 Å². The number of anilines is 2. The molecule has 0 bridgehead atoms. The maximum absolute atomic E-state index is 14.1. The molecule has 158 valence electrons. The molecule has 5 aromatic rings. The average molecular weight is 480 g/mol. The summed E-state index contributed by atoms with van der Waals surface area (Å²) < 4.78 is 14.1. The minimum absolute atomic E-state index is 0.0377. The molecule has 0 saturated heterocycles.